The lowest BCUT2D eigenvalue weighted by atomic mass is 9.80. The number of hydrogen-bond donors (Lipinski definition) is 2. The maximum Gasteiger partial charge on any atom is 0.128 e. The van der Waals surface area contributed by atoms with Gasteiger partial charge in [-0.2, -0.15) is 0 Å². The normalized spacial score (nSPS) is 13.9. The van der Waals surface area contributed by atoms with E-state index >= 15 is 0 Å². The van der Waals surface area contributed by atoms with Gasteiger partial charge in [0.1, 0.15) is 5.82 Å². The Hall–Kier alpha value is -1.13. The topological polar surface area (TPSA) is 68.2 Å². The van der Waals surface area contributed by atoms with E-state index in [0.29, 0.717) is 5.82 Å². The number of nitrogens with two attached hydrogens (primary N) is 2. The number of likely N-dealkylation sites (N-methyl/N-ethyl adjacent to an activating group) is 1. The Bertz CT molecular complexity index is 397. The van der Waals surface area contributed by atoms with Crippen LogP contribution in [-0.4, -0.2) is 29.5 Å². The summed E-state index contributed by atoms with van der Waals surface area (Å²) in [5, 5.41) is 0. The summed E-state index contributed by atoms with van der Waals surface area (Å²) in [5.41, 5.74) is 14.5. The van der Waals surface area contributed by atoms with Crippen molar-refractivity contribution < 1.29 is 0 Å². The molecule has 1 atom stereocenters. The van der Waals surface area contributed by atoms with Gasteiger partial charge >= 0.3 is 0 Å². The monoisotopic (exact) mass is 250 g/mol. The number of hydrogen-bond acceptors (Lipinski definition) is 4. The molecule has 1 unspecified atom stereocenters. The van der Waals surface area contributed by atoms with E-state index in [1.807, 2.05) is 6.92 Å². The summed E-state index contributed by atoms with van der Waals surface area (Å²) in [4.78, 5) is 6.43. The highest BCUT2D eigenvalue weighted by Gasteiger charge is 2.37. The molecule has 1 aromatic heterocycles. The van der Waals surface area contributed by atoms with Crippen molar-refractivity contribution in [1.29, 1.82) is 0 Å². The van der Waals surface area contributed by atoms with E-state index in [1.165, 1.54) is 0 Å². The summed E-state index contributed by atoms with van der Waals surface area (Å²) in [6.45, 7) is 6.35. The van der Waals surface area contributed by atoms with Crippen LogP contribution in [0.5, 0.6) is 0 Å². The highest BCUT2D eigenvalue weighted by atomic mass is 15.2. The summed E-state index contributed by atoms with van der Waals surface area (Å²) in [7, 11) is 4.15. The van der Waals surface area contributed by atoms with Gasteiger partial charge in [-0.1, -0.05) is 13.8 Å². The van der Waals surface area contributed by atoms with Crippen molar-refractivity contribution in [3.63, 3.8) is 0 Å². The fourth-order valence-corrected chi connectivity index (χ4v) is 2.74. The first kappa shape index (κ1) is 14.9. The smallest absolute Gasteiger partial charge is 0.128 e. The van der Waals surface area contributed by atoms with Crippen LogP contribution in [0.25, 0.3) is 0 Å². The fourth-order valence-electron chi connectivity index (χ4n) is 2.74. The molecule has 0 aliphatic rings. The molecule has 0 bridgehead atoms. The third-order valence-electron chi connectivity index (χ3n) is 4.12. The lowest BCUT2D eigenvalue weighted by Gasteiger charge is -2.43. The van der Waals surface area contributed by atoms with Gasteiger partial charge in [-0.05, 0) is 45.5 Å². The van der Waals surface area contributed by atoms with Crippen LogP contribution in [0.2, 0.25) is 0 Å². The standard InChI is InChI=1S/C14H26N4/c1-6-14(7-2,18(4)5)12(15)11-8-10(3)9-17-13(11)16/h8-9,12H,6-7,15H2,1-5H3,(H2,16,17). The first-order valence-corrected chi connectivity index (χ1v) is 6.54. The first-order chi connectivity index (χ1) is 8.39. The molecule has 1 aromatic rings. The molecule has 0 amide bonds. The molecular formula is C14H26N4. The van der Waals surface area contributed by atoms with Crippen molar-refractivity contribution >= 4 is 5.82 Å². The predicted molar refractivity (Wildman–Crippen MR) is 77.3 cm³/mol. The second-order valence-corrected chi connectivity index (χ2v) is 5.17. The number of aromatic nitrogens is 1. The van der Waals surface area contributed by atoms with Crippen LogP contribution >= 0.6 is 0 Å². The minimum atomic E-state index is -0.130. The van der Waals surface area contributed by atoms with Gasteiger partial charge < -0.3 is 16.4 Å². The molecule has 4 nitrogen and oxygen atoms in total. The molecule has 4 heteroatoms. The van der Waals surface area contributed by atoms with Crippen LogP contribution in [0.3, 0.4) is 0 Å². The van der Waals surface area contributed by atoms with Crippen molar-refractivity contribution in [2.24, 2.45) is 5.73 Å². The van der Waals surface area contributed by atoms with Gasteiger partial charge in [-0.25, -0.2) is 4.98 Å². The van der Waals surface area contributed by atoms with Crippen molar-refractivity contribution in [1.82, 2.24) is 9.88 Å². The number of rotatable bonds is 5. The molecular weight excluding hydrogens is 224 g/mol. The number of nitrogens with zero attached hydrogens (tertiary/aromatic N) is 2. The van der Waals surface area contributed by atoms with Gasteiger partial charge in [0.2, 0.25) is 0 Å². The van der Waals surface area contributed by atoms with Crippen molar-refractivity contribution in [2.75, 3.05) is 19.8 Å². The lowest BCUT2D eigenvalue weighted by Crippen LogP contribution is -2.51. The summed E-state index contributed by atoms with van der Waals surface area (Å²) in [5.74, 6) is 0.543. The number of nitrogen functional groups attached to an aromatic ring is 1. The maximum absolute atomic E-state index is 6.50. The molecule has 102 valence electrons. The van der Waals surface area contributed by atoms with E-state index in [9.17, 15) is 0 Å². The van der Waals surface area contributed by atoms with Crippen molar-refractivity contribution in [3.8, 4) is 0 Å². The van der Waals surface area contributed by atoms with E-state index in [4.69, 9.17) is 11.5 Å². The van der Waals surface area contributed by atoms with Gasteiger partial charge in [-0.3, -0.25) is 0 Å². The Morgan fingerprint density at radius 1 is 1.33 bits per heavy atom. The highest BCUT2D eigenvalue weighted by Crippen LogP contribution is 2.36. The molecule has 1 rings (SSSR count). The van der Waals surface area contributed by atoms with E-state index in [-0.39, 0.29) is 11.6 Å². The van der Waals surface area contributed by atoms with Crippen LogP contribution in [0, 0.1) is 6.92 Å². The molecule has 0 spiro atoms. The van der Waals surface area contributed by atoms with E-state index < -0.39 is 0 Å². The van der Waals surface area contributed by atoms with Crippen LogP contribution in [-0.2, 0) is 0 Å². The second kappa shape index (κ2) is 5.67. The number of pyridine rings is 1. The molecule has 0 aromatic carbocycles. The lowest BCUT2D eigenvalue weighted by molar-refractivity contribution is 0.106. The molecule has 0 aliphatic heterocycles. The zero-order chi connectivity index (χ0) is 13.9. The van der Waals surface area contributed by atoms with E-state index in [0.717, 1.165) is 24.0 Å². The van der Waals surface area contributed by atoms with Gasteiger partial charge in [-0.15, -0.1) is 0 Å². The van der Waals surface area contributed by atoms with Crippen molar-refractivity contribution in [2.45, 2.75) is 45.2 Å². The highest BCUT2D eigenvalue weighted by molar-refractivity contribution is 5.44. The average Bonchev–Trinajstić information content (AvgIpc) is 2.34. The third kappa shape index (κ3) is 2.49. The van der Waals surface area contributed by atoms with Crippen LogP contribution in [0.15, 0.2) is 12.3 Å². The van der Waals surface area contributed by atoms with Gasteiger partial charge in [0.15, 0.2) is 0 Å². The summed E-state index contributed by atoms with van der Waals surface area (Å²) in [6.07, 6.45) is 3.73. The molecule has 0 saturated carbocycles. The Morgan fingerprint density at radius 2 is 1.89 bits per heavy atom. The molecule has 18 heavy (non-hydrogen) atoms. The first-order valence-electron chi connectivity index (χ1n) is 6.54. The largest absolute Gasteiger partial charge is 0.383 e. The SMILES string of the molecule is CCC(CC)(C(N)c1cc(C)cnc1N)N(C)C. The van der Waals surface area contributed by atoms with E-state index in [2.05, 4.69) is 43.9 Å². The molecule has 4 N–H and O–H groups in total. The molecule has 0 saturated heterocycles. The second-order valence-electron chi connectivity index (χ2n) is 5.17. The Kier molecular flexibility index (Phi) is 4.71. The minimum absolute atomic E-state index is 0.0798. The summed E-state index contributed by atoms with van der Waals surface area (Å²) >= 11 is 0. The Labute approximate surface area is 110 Å². The predicted octanol–water partition coefficient (Wildman–Crippen LogP) is 2.09. The Balaban J connectivity index is 3.25. The summed E-state index contributed by atoms with van der Waals surface area (Å²) < 4.78 is 0. The number of anilines is 1. The Morgan fingerprint density at radius 3 is 2.33 bits per heavy atom. The zero-order valence-electron chi connectivity index (χ0n) is 12.2. The molecule has 0 radical (unpaired) electrons. The molecule has 1 heterocycles. The summed E-state index contributed by atoms with van der Waals surface area (Å²) in [6, 6.07) is 1.92. The quantitative estimate of drug-likeness (QED) is 0.839. The number of aryl methyl sites for hydroxylation is 1. The third-order valence-corrected chi connectivity index (χ3v) is 4.12. The van der Waals surface area contributed by atoms with Gasteiger partial charge in [0, 0.05) is 17.3 Å². The van der Waals surface area contributed by atoms with Crippen LogP contribution in [0.1, 0.15) is 43.9 Å². The maximum atomic E-state index is 6.50. The van der Waals surface area contributed by atoms with Gasteiger partial charge in [0.25, 0.3) is 0 Å². The minimum Gasteiger partial charge on any atom is -0.383 e. The molecule has 0 aliphatic carbocycles. The van der Waals surface area contributed by atoms with Crippen LogP contribution in [0.4, 0.5) is 5.82 Å². The van der Waals surface area contributed by atoms with Crippen LogP contribution < -0.4 is 11.5 Å². The molecule has 0 fully saturated rings. The van der Waals surface area contributed by atoms with Gasteiger partial charge in [0.05, 0.1) is 6.04 Å². The zero-order valence-corrected chi connectivity index (χ0v) is 12.2. The van der Waals surface area contributed by atoms with E-state index in [1.54, 1.807) is 6.20 Å². The average molecular weight is 250 g/mol. The fraction of sp³-hybridized carbons (Fsp3) is 0.643. The van der Waals surface area contributed by atoms with Crippen molar-refractivity contribution in [3.05, 3.63) is 23.4 Å².